The number of ketones is 1. The number of carbonyl (C=O) groups is 1. The molecule has 0 saturated carbocycles. The van der Waals surface area contributed by atoms with Gasteiger partial charge in [0.25, 0.3) is 0 Å². The van der Waals surface area contributed by atoms with Gasteiger partial charge in [0.05, 0.1) is 0 Å². The maximum absolute atomic E-state index is 12.3. The summed E-state index contributed by atoms with van der Waals surface area (Å²) in [7, 11) is 0. The predicted octanol–water partition coefficient (Wildman–Crippen LogP) is 4.23. The van der Waals surface area contributed by atoms with Gasteiger partial charge in [-0.1, -0.05) is 6.42 Å². The molecule has 2 saturated heterocycles. The summed E-state index contributed by atoms with van der Waals surface area (Å²) in [6, 6.07) is 5.44. The Morgan fingerprint density at radius 3 is 2.44 bits per heavy atom. The monoisotopic (exact) mass is 382 g/mol. The third-order valence-electron chi connectivity index (χ3n) is 5.13. The number of piperidine rings is 1. The SMILES string of the molecule is O=C(/C=C/N1CCC[C@@H]1CN1CCCCC1)c1ccc(OC(F)(F)F)cc1. The number of likely N-dealkylation sites (tertiary alicyclic amines) is 2. The number of allylic oxidation sites excluding steroid dienone is 1. The zero-order valence-electron chi connectivity index (χ0n) is 15.3. The summed E-state index contributed by atoms with van der Waals surface area (Å²) < 4.78 is 40.4. The van der Waals surface area contributed by atoms with Gasteiger partial charge in [0, 0.05) is 37.0 Å². The van der Waals surface area contributed by atoms with Crippen molar-refractivity contribution in [2.45, 2.75) is 44.5 Å². The van der Waals surface area contributed by atoms with Gasteiger partial charge < -0.3 is 14.5 Å². The Hall–Kier alpha value is -2.02. The van der Waals surface area contributed by atoms with E-state index in [2.05, 4.69) is 14.5 Å². The van der Waals surface area contributed by atoms with E-state index in [0.717, 1.165) is 51.2 Å². The lowest BCUT2D eigenvalue weighted by atomic mass is 10.1. The van der Waals surface area contributed by atoms with Crippen LogP contribution in [0.3, 0.4) is 0 Å². The van der Waals surface area contributed by atoms with Crippen molar-refractivity contribution in [1.82, 2.24) is 9.80 Å². The molecule has 2 heterocycles. The molecular weight excluding hydrogens is 357 g/mol. The van der Waals surface area contributed by atoms with Gasteiger partial charge >= 0.3 is 6.36 Å². The number of ether oxygens (including phenoxy) is 1. The van der Waals surface area contributed by atoms with Crippen molar-refractivity contribution >= 4 is 5.78 Å². The molecule has 3 rings (SSSR count). The lowest BCUT2D eigenvalue weighted by Crippen LogP contribution is -2.40. The van der Waals surface area contributed by atoms with Crippen molar-refractivity contribution in [3.05, 3.63) is 42.1 Å². The second kappa shape index (κ2) is 8.78. The second-order valence-electron chi connectivity index (χ2n) is 7.15. The molecule has 1 atom stereocenters. The average Bonchev–Trinajstić information content (AvgIpc) is 3.07. The fourth-order valence-corrected chi connectivity index (χ4v) is 3.77. The van der Waals surface area contributed by atoms with E-state index in [1.165, 1.54) is 37.5 Å². The molecule has 2 fully saturated rings. The summed E-state index contributed by atoms with van der Waals surface area (Å²) in [4.78, 5) is 17.0. The van der Waals surface area contributed by atoms with E-state index in [0.29, 0.717) is 11.6 Å². The molecular formula is C20H25F3N2O2. The Bertz CT molecular complexity index is 652. The van der Waals surface area contributed by atoms with Gasteiger partial charge in [-0.05, 0) is 63.0 Å². The van der Waals surface area contributed by atoms with E-state index in [-0.39, 0.29) is 11.5 Å². The maximum atomic E-state index is 12.3. The zero-order valence-corrected chi connectivity index (χ0v) is 15.3. The van der Waals surface area contributed by atoms with Crippen LogP contribution >= 0.6 is 0 Å². The van der Waals surface area contributed by atoms with Crippen molar-refractivity contribution in [2.75, 3.05) is 26.2 Å². The molecule has 2 aliphatic rings. The normalized spacial score (nSPS) is 21.7. The van der Waals surface area contributed by atoms with Crippen LogP contribution in [-0.4, -0.2) is 54.2 Å². The van der Waals surface area contributed by atoms with Crippen molar-refractivity contribution in [3.8, 4) is 5.75 Å². The number of alkyl halides is 3. The Balaban J connectivity index is 1.55. The van der Waals surface area contributed by atoms with Crippen molar-refractivity contribution in [1.29, 1.82) is 0 Å². The van der Waals surface area contributed by atoms with Gasteiger partial charge in [-0.15, -0.1) is 13.2 Å². The van der Waals surface area contributed by atoms with E-state index < -0.39 is 6.36 Å². The minimum atomic E-state index is -4.73. The molecule has 0 radical (unpaired) electrons. The van der Waals surface area contributed by atoms with Crippen LogP contribution in [0.25, 0.3) is 0 Å². The molecule has 0 unspecified atom stereocenters. The summed E-state index contributed by atoms with van der Waals surface area (Å²) in [5.41, 5.74) is 0.340. The Labute approximate surface area is 157 Å². The van der Waals surface area contributed by atoms with Gasteiger partial charge in [-0.2, -0.15) is 0 Å². The molecule has 0 aromatic heterocycles. The molecule has 1 aromatic carbocycles. The molecule has 27 heavy (non-hydrogen) atoms. The summed E-state index contributed by atoms with van der Waals surface area (Å²) in [5.74, 6) is -0.554. The van der Waals surface area contributed by atoms with E-state index in [1.54, 1.807) is 0 Å². The number of hydrogen-bond acceptors (Lipinski definition) is 4. The minimum absolute atomic E-state index is 0.225. The lowest BCUT2D eigenvalue weighted by molar-refractivity contribution is -0.274. The maximum Gasteiger partial charge on any atom is 0.573 e. The average molecular weight is 382 g/mol. The van der Waals surface area contributed by atoms with Crippen LogP contribution in [0.15, 0.2) is 36.5 Å². The molecule has 0 bridgehead atoms. The standard InChI is InChI=1S/C20H25F3N2O2/c21-20(22,23)27-18-8-6-16(7-9-18)19(26)10-14-25-13-4-5-17(25)15-24-11-2-1-3-12-24/h6-10,14,17H,1-5,11-13,15H2/b14-10+/t17-/m1/s1. The van der Waals surface area contributed by atoms with Crippen LogP contribution < -0.4 is 4.74 Å². The first-order valence-corrected chi connectivity index (χ1v) is 9.47. The van der Waals surface area contributed by atoms with Crippen LogP contribution in [0.1, 0.15) is 42.5 Å². The fraction of sp³-hybridized carbons (Fsp3) is 0.550. The number of hydrogen-bond donors (Lipinski definition) is 0. The van der Waals surface area contributed by atoms with Crippen LogP contribution in [0.4, 0.5) is 13.2 Å². The molecule has 2 aliphatic heterocycles. The topological polar surface area (TPSA) is 32.8 Å². The van der Waals surface area contributed by atoms with Gasteiger partial charge in [-0.25, -0.2) is 0 Å². The van der Waals surface area contributed by atoms with E-state index >= 15 is 0 Å². The van der Waals surface area contributed by atoms with Gasteiger partial charge in [0.15, 0.2) is 5.78 Å². The summed E-state index contributed by atoms with van der Waals surface area (Å²) in [6.07, 6.45) is 4.68. The third-order valence-corrected chi connectivity index (χ3v) is 5.13. The van der Waals surface area contributed by atoms with E-state index in [4.69, 9.17) is 0 Å². The molecule has 0 spiro atoms. The number of rotatable bonds is 6. The molecule has 0 N–H and O–H groups in total. The highest BCUT2D eigenvalue weighted by atomic mass is 19.4. The van der Waals surface area contributed by atoms with E-state index in [9.17, 15) is 18.0 Å². The molecule has 7 heteroatoms. The van der Waals surface area contributed by atoms with Gasteiger partial charge in [-0.3, -0.25) is 4.79 Å². The molecule has 148 valence electrons. The molecule has 0 aliphatic carbocycles. The number of benzene rings is 1. The Kier molecular flexibility index (Phi) is 6.42. The quantitative estimate of drug-likeness (QED) is 0.544. The first-order valence-electron chi connectivity index (χ1n) is 9.47. The summed E-state index contributed by atoms with van der Waals surface area (Å²) in [5, 5.41) is 0. The summed E-state index contributed by atoms with van der Waals surface area (Å²) >= 11 is 0. The van der Waals surface area contributed by atoms with Crippen LogP contribution in [0, 0.1) is 0 Å². The first-order chi connectivity index (χ1) is 12.9. The van der Waals surface area contributed by atoms with Gasteiger partial charge in [0.2, 0.25) is 0 Å². The highest BCUT2D eigenvalue weighted by Crippen LogP contribution is 2.23. The minimum Gasteiger partial charge on any atom is -0.406 e. The van der Waals surface area contributed by atoms with Crippen molar-refractivity contribution in [2.24, 2.45) is 0 Å². The van der Waals surface area contributed by atoms with Crippen molar-refractivity contribution < 1.29 is 22.7 Å². The number of halogens is 3. The van der Waals surface area contributed by atoms with Crippen LogP contribution in [0.2, 0.25) is 0 Å². The van der Waals surface area contributed by atoms with Crippen molar-refractivity contribution in [3.63, 3.8) is 0 Å². The van der Waals surface area contributed by atoms with Crippen LogP contribution in [-0.2, 0) is 0 Å². The zero-order chi connectivity index (χ0) is 19.3. The predicted molar refractivity (Wildman–Crippen MR) is 96.6 cm³/mol. The Morgan fingerprint density at radius 2 is 1.78 bits per heavy atom. The highest BCUT2D eigenvalue weighted by molar-refractivity contribution is 6.04. The smallest absolute Gasteiger partial charge is 0.406 e. The molecule has 4 nitrogen and oxygen atoms in total. The summed E-state index contributed by atoms with van der Waals surface area (Å²) in [6.45, 7) is 4.27. The fourth-order valence-electron chi connectivity index (χ4n) is 3.77. The first kappa shape index (κ1) is 19.7. The van der Waals surface area contributed by atoms with E-state index in [1.807, 2.05) is 6.20 Å². The highest BCUT2D eigenvalue weighted by Gasteiger charge is 2.31. The van der Waals surface area contributed by atoms with Gasteiger partial charge in [0.1, 0.15) is 5.75 Å². The lowest BCUT2D eigenvalue weighted by Gasteiger charge is -2.32. The second-order valence-corrected chi connectivity index (χ2v) is 7.15. The molecule has 0 amide bonds. The number of nitrogens with zero attached hydrogens (tertiary/aromatic N) is 2. The van der Waals surface area contributed by atoms with Crippen LogP contribution in [0.5, 0.6) is 5.75 Å². The number of carbonyl (C=O) groups excluding carboxylic acids is 1. The largest absolute Gasteiger partial charge is 0.573 e. The molecule has 1 aromatic rings. The third kappa shape index (κ3) is 5.99. The Morgan fingerprint density at radius 1 is 1.07 bits per heavy atom.